The second kappa shape index (κ2) is 14.0. The molecule has 4 aromatic heterocycles. The van der Waals surface area contributed by atoms with Gasteiger partial charge in [-0.3, -0.25) is 14.9 Å². The number of ether oxygens (including phenoxy) is 2. The molecule has 0 spiro atoms. The van der Waals surface area contributed by atoms with E-state index < -0.39 is 33.4 Å². The number of anilines is 2. The molecular weight excluding hydrogens is 655 g/mol. The fourth-order valence-electron chi connectivity index (χ4n) is 5.13. The summed E-state index contributed by atoms with van der Waals surface area (Å²) in [5, 5.41) is 3.10. The number of hydrogen-bond acceptors (Lipinski definition) is 13. The number of nitrogens with zero attached hydrogens (tertiary/aromatic N) is 8. The molecule has 4 heterocycles. The van der Waals surface area contributed by atoms with Crippen LogP contribution in [0.2, 0.25) is 0 Å². The monoisotopic (exact) mass is 687 g/mol. The van der Waals surface area contributed by atoms with Crippen LogP contribution in [-0.2, 0) is 20.8 Å². The van der Waals surface area contributed by atoms with Gasteiger partial charge in [-0.05, 0) is 45.6 Å². The molecule has 0 saturated heterocycles. The zero-order chi connectivity index (χ0) is 34.6. The van der Waals surface area contributed by atoms with Gasteiger partial charge in [0.25, 0.3) is 0 Å². The van der Waals surface area contributed by atoms with Crippen LogP contribution in [-0.4, -0.2) is 81.0 Å². The highest BCUT2D eigenvalue weighted by Gasteiger charge is 2.37. The molecule has 4 aromatic rings. The first-order valence-corrected chi connectivity index (χ1v) is 16.7. The molecule has 1 fully saturated rings. The molecule has 254 valence electrons. The standard InChI is InChI=1S/C30H32F3N9O5S/c1-17(2)47-29(43)42(25-16-35-24(15-36-25)19-11-38-28(46-3)39-12-19)21-7-5-20(6-8-21)40-27-37-14-23(30(31,32)33)26(41-27)18-9-22(13-34-10-18)48(4,44)45/h9-17,20-21H,5-8H2,1-4H3,(H,37,40,41)/t20-,21-. The number of carbonyl (C=O) groups is 1. The van der Waals surface area contributed by atoms with E-state index in [0.717, 1.165) is 24.7 Å². The maximum absolute atomic E-state index is 13.9. The molecule has 1 aliphatic rings. The van der Waals surface area contributed by atoms with Crippen LogP contribution >= 0.6 is 0 Å². The maximum atomic E-state index is 13.9. The molecule has 5 rings (SSSR count). The minimum Gasteiger partial charge on any atom is -0.467 e. The average Bonchev–Trinajstić information content (AvgIpc) is 3.05. The fraction of sp³-hybridized carbons (Fsp3) is 0.400. The van der Waals surface area contributed by atoms with Crippen molar-refractivity contribution >= 4 is 27.7 Å². The van der Waals surface area contributed by atoms with Crippen molar-refractivity contribution in [2.75, 3.05) is 23.6 Å². The molecule has 0 bridgehead atoms. The molecule has 0 aliphatic heterocycles. The number of methoxy groups -OCH3 is 1. The molecule has 0 atom stereocenters. The fourth-order valence-corrected chi connectivity index (χ4v) is 5.72. The number of halogens is 3. The summed E-state index contributed by atoms with van der Waals surface area (Å²) in [7, 11) is -2.28. The minimum absolute atomic E-state index is 0.0637. The third kappa shape index (κ3) is 8.10. The lowest BCUT2D eigenvalue weighted by atomic mass is 9.90. The molecule has 0 aromatic carbocycles. The van der Waals surface area contributed by atoms with Gasteiger partial charge in [-0.25, -0.2) is 38.1 Å². The lowest BCUT2D eigenvalue weighted by Crippen LogP contribution is -2.45. The summed E-state index contributed by atoms with van der Waals surface area (Å²) in [6.07, 6.45) is 6.06. The summed E-state index contributed by atoms with van der Waals surface area (Å²) >= 11 is 0. The van der Waals surface area contributed by atoms with E-state index in [1.807, 2.05) is 0 Å². The van der Waals surface area contributed by atoms with Gasteiger partial charge in [0, 0.05) is 60.5 Å². The number of alkyl halides is 3. The van der Waals surface area contributed by atoms with Crippen molar-refractivity contribution in [1.29, 1.82) is 0 Å². The zero-order valence-electron chi connectivity index (χ0n) is 26.3. The van der Waals surface area contributed by atoms with Gasteiger partial charge >= 0.3 is 18.3 Å². The average molecular weight is 688 g/mol. The van der Waals surface area contributed by atoms with E-state index in [-0.39, 0.29) is 46.4 Å². The number of aromatic nitrogens is 7. The predicted molar refractivity (Wildman–Crippen MR) is 167 cm³/mol. The summed E-state index contributed by atoms with van der Waals surface area (Å²) in [4.78, 5) is 43.4. The summed E-state index contributed by atoms with van der Waals surface area (Å²) < 4.78 is 76.3. The van der Waals surface area contributed by atoms with Crippen LogP contribution in [0.15, 0.2) is 54.3 Å². The Balaban J connectivity index is 1.33. The second-order valence-electron chi connectivity index (χ2n) is 11.3. The van der Waals surface area contributed by atoms with Crippen LogP contribution < -0.4 is 15.0 Å². The highest BCUT2D eigenvalue weighted by molar-refractivity contribution is 7.90. The van der Waals surface area contributed by atoms with Gasteiger partial charge in [0.15, 0.2) is 15.7 Å². The van der Waals surface area contributed by atoms with Gasteiger partial charge in [0.05, 0.1) is 41.9 Å². The Bertz CT molecular complexity index is 1850. The highest BCUT2D eigenvalue weighted by Crippen LogP contribution is 2.37. The Kier molecular flexibility index (Phi) is 10.0. The van der Waals surface area contributed by atoms with Gasteiger partial charge in [-0.15, -0.1) is 0 Å². The number of hydrogen-bond donors (Lipinski definition) is 1. The van der Waals surface area contributed by atoms with Crippen molar-refractivity contribution in [2.45, 2.75) is 68.8 Å². The number of pyridine rings is 1. The molecule has 1 N–H and O–H groups in total. The van der Waals surface area contributed by atoms with Gasteiger partial charge in [-0.2, -0.15) is 13.2 Å². The molecular formula is C30H32F3N9O5S. The number of nitrogens with one attached hydrogen (secondary N) is 1. The SMILES string of the molecule is COc1ncc(-c2cnc(N(C(=O)OC(C)C)[C@H]3CC[C@H](Nc4ncc(C(F)(F)F)c(-c5cncc(S(C)(=O)=O)c5)n4)CC3)cn2)cn1. The Labute approximate surface area is 274 Å². The van der Waals surface area contributed by atoms with E-state index in [0.29, 0.717) is 43.1 Å². The molecule has 48 heavy (non-hydrogen) atoms. The van der Waals surface area contributed by atoms with E-state index in [9.17, 15) is 26.4 Å². The number of sulfone groups is 1. The van der Waals surface area contributed by atoms with Crippen LogP contribution in [0.25, 0.3) is 22.5 Å². The van der Waals surface area contributed by atoms with Gasteiger partial charge < -0.3 is 14.8 Å². The van der Waals surface area contributed by atoms with Crippen molar-refractivity contribution in [2.24, 2.45) is 0 Å². The predicted octanol–water partition coefficient (Wildman–Crippen LogP) is 4.99. The lowest BCUT2D eigenvalue weighted by Gasteiger charge is -2.36. The number of amides is 1. The summed E-state index contributed by atoms with van der Waals surface area (Å²) in [6, 6.07) is 0.753. The largest absolute Gasteiger partial charge is 0.467 e. The molecule has 1 aliphatic carbocycles. The molecule has 0 radical (unpaired) electrons. The third-order valence-corrected chi connectivity index (χ3v) is 8.51. The lowest BCUT2D eigenvalue weighted by molar-refractivity contribution is -0.137. The van der Waals surface area contributed by atoms with Crippen molar-refractivity contribution in [3.05, 3.63) is 55.0 Å². The van der Waals surface area contributed by atoms with E-state index in [1.165, 1.54) is 24.4 Å². The number of rotatable bonds is 9. The summed E-state index contributed by atoms with van der Waals surface area (Å²) in [6.45, 7) is 3.47. The van der Waals surface area contributed by atoms with E-state index in [2.05, 4.69) is 40.2 Å². The first kappa shape index (κ1) is 34.3. The summed E-state index contributed by atoms with van der Waals surface area (Å²) in [5.74, 6) is 0.224. The van der Waals surface area contributed by atoms with Crippen LogP contribution in [0, 0.1) is 0 Å². The van der Waals surface area contributed by atoms with Crippen molar-refractivity contribution in [3.8, 4) is 28.5 Å². The Morgan fingerprint density at radius 1 is 0.938 bits per heavy atom. The Hall–Kier alpha value is -5.00. The van der Waals surface area contributed by atoms with E-state index in [4.69, 9.17) is 9.47 Å². The second-order valence-corrected chi connectivity index (χ2v) is 13.3. The quantitative estimate of drug-likeness (QED) is 0.249. The topological polar surface area (TPSA) is 175 Å². The molecule has 0 unspecified atom stereocenters. The summed E-state index contributed by atoms with van der Waals surface area (Å²) in [5.41, 5.74) is -0.662. The van der Waals surface area contributed by atoms with Crippen molar-refractivity contribution in [1.82, 2.24) is 34.9 Å². The first-order valence-electron chi connectivity index (χ1n) is 14.8. The van der Waals surface area contributed by atoms with Gasteiger partial charge in [0.2, 0.25) is 5.95 Å². The van der Waals surface area contributed by atoms with Crippen molar-refractivity contribution < 1.29 is 35.9 Å². The van der Waals surface area contributed by atoms with Crippen LogP contribution in [0.4, 0.5) is 29.7 Å². The molecule has 1 amide bonds. The smallest absolute Gasteiger partial charge is 0.419 e. The van der Waals surface area contributed by atoms with E-state index >= 15 is 0 Å². The molecule has 18 heteroatoms. The minimum atomic E-state index is -4.80. The molecule has 14 nitrogen and oxygen atoms in total. The zero-order valence-corrected chi connectivity index (χ0v) is 27.2. The van der Waals surface area contributed by atoms with Crippen LogP contribution in [0.5, 0.6) is 6.01 Å². The van der Waals surface area contributed by atoms with E-state index in [1.54, 1.807) is 26.2 Å². The van der Waals surface area contributed by atoms with Gasteiger partial charge in [0.1, 0.15) is 5.56 Å². The highest BCUT2D eigenvalue weighted by atomic mass is 32.2. The first-order chi connectivity index (χ1) is 22.7. The Morgan fingerprint density at radius 2 is 1.65 bits per heavy atom. The van der Waals surface area contributed by atoms with Crippen LogP contribution in [0.1, 0.15) is 45.1 Å². The van der Waals surface area contributed by atoms with Crippen molar-refractivity contribution in [3.63, 3.8) is 0 Å². The Morgan fingerprint density at radius 3 is 2.23 bits per heavy atom. The maximum Gasteiger partial charge on any atom is 0.419 e. The third-order valence-electron chi connectivity index (χ3n) is 7.43. The van der Waals surface area contributed by atoms with Crippen LogP contribution in [0.3, 0.4) is 0 Å². The normalized spacial score (nSPS) is 16.8. The van der Waals surface area contributed by atoms with Gasteiger partial charge in [-0.1, -0.05) is 0 Å². The number of carbonyl (C=O) groups excluding carboxylic acids is 1. The molecule has 1 saturated carbocycles.